The van der Waals surface area contributed by atoms with Crippen molar-refractivity contribution in [2.75, 3.05) is 4.72 Å². The molecule has 0 aliphatic heterocycles. The number of carboxylic acid groups (broad SMARTS) is 1. The van der Waals surface area contributed by atoms with Crippen molar-refractivity contribution in [1.82, 2.24) is 3.97 Å². The van der Waals surface area contributed by atoms with E-state index in [1.807, 2.05) is 0 Å². The molecule has 3 N–H and O–H groups in total. The topological polar surface area (TPSA) is 151 Å². The molecule has 0 aliphatic carbocycles. The lowest BCUT2D eigenvalue weighted by Gasteiger charge is -2.11. The van der Waals surface area contributed by atoms with Crippen LogP contribution in [0.5, 0.6) is 0 Å². The van der Waals surface area contributed by atoms with Crippen LogP contribution < -0.4 is 15.0 Å². The molecule has 0 fully saturated rings. The summed E-state index contributed by atoms with van der Waals surface area (Å²) in [5, 5.41) is 16.4. The zero-order chi connectivity index (χ0) is 20.5. The molecule has 0 spiro atoms. The Labute approximate surface area is 161 Å². The van der Waals surface area contributed by atoms with Gasteiger partial charge in [0.25, 0.3) is 10.0 Å². The maximum atomic E-state index is 12.3. The largest absolute Gasteiger partial charge is 0.543 e. The molecule has 1 aromatic heterocycles. The quantitative estimate of drug-likeness (QED) is 0.588. The van der Waals surface area contributed by atoms with Crippen LogP contribution in [0.25, 0.3) is 11.1 Å². The Bertz CT molecular complexity index is 1230. The highest BCUT2D eigenvalue weighted by molar-refractivity contribution is 7.92. The maximum absolute atomic E-state index is 12.3. The predicted molar refractivity (Wildman–Crippen MR) is 100.0 cm³/mol. The highest BCUT2D eigenvalue weighted by Crippen LogP contribution is 2.27. The van der Waals surface area contributed by atoms with Crippen molar-refractivity contribution in [1.29, 1.82) is 0 Å². The molecule has 1 heterocycles. The van der Waals surface area contributed by atoms with Crippen molar-refractivity contribution >= 4 is 31.9 Å². The number of aromatic carboxylic acids is 1. The number of nitrogens with one attached hydrogen (secondary N) is 1. The summed E-state index contributed by atoms with van der Waals surface area (Å²) < 4.78 is 50.5. The number of sulfonamides is 1. The molecule has 0 amide bonds. The van der Waals surface area contributed by atoms with Gasteiger partial charge in [-0.2, -0.15) is 8.42 Å². The first-order valence-corrected chi connectivity index (χ1v) is 10.7. The summed E-state index contributed by atoms with van der Waals surface area (Å²) in [6.45, 7) is 0. The summed E-state index contributed by atoms with van der Waals surface area (Å²) >= 11 is 0. The van der Waals surface area contributed by atoms with Crippen molar-refractivity contribution in [2.24, 2.45) is 5.14 Å². The number of anilines is 1. The number of carbonyl (C=O) groups is 1. The molecule has 0 saturated carbocycles. The first kappa shape index (κ1) is 19.6. The van der Waals surface area contributed by atoms with Gasteiger partial charge >= 0.3 is 10.2 Å². The molecule has 3 aromatic rings. The molecule has 0 unspecified atom stereocenters. The van der Waals surface area contributed by atoms with Gasteiger partial charge in [-0.15, -0.1) is 0 Å². The van der Waals surface area contributed by atoms with Crippen LogP contribution in [-0.2, 0) is 20.2 Å². The average Bonchev–Trinajstić information content (AvgIpc) is 3.09. The molecule has 9 nitrogen and oxygen atoms in total. The summed E-state index contributed by atoms with van der Waals surface area (Å²) in [5.41, 5.74) is 0.0179. The lowest BCUT2D eigenvalue weighted by Crippen LogP contribution is -2.31. The van der Waals surface area contributed by atoms with Gasteiger partial charge in [0.1, 0.15) is 0 Å². The number of nitrogens with two attached hydrogens (primary N) is 1. The van der Waals surface area contributed by atoms with Crippen molar-refractivity contribution in [3.8, 4) is 11.1 Å². The van der Waals surface area contributed by atoms with Gasteiger partial charge < -0.3 is 9.90 Å². The summed E-state index contributed by atoms with van der Waals surface area (Å²) in [4.78, 5) is 11.5. The third-order valence-electron chi connectivity index (χ3n) is 3.82. The van der Waals surface area contributed by atoms with Gasteiger partial charge in [-0.3, -0.25) is 4.72 Å². The Kier molecular flexibility index (Phi) is 4.98. The lowest BCUT2D eigenvalue weighted by molar-refractivity contribution is -0.255. The zero-order valence-corrected chi connectivity index (χ0v) is 15.8. The van der Waals surface area contributed by atoms with E-state index < -0.39 is 31.9 Å². The van der Waals surface area contributed by atoms with Gasteiger partial charge in [0.05, 0.1) is 16.6 Å². The molecular weight excluding hydrogens is 406 g/mol. The highest BCUT2D eigenvalue weighted by atomic mass is 32.2. The molecule has 11 heteroatoms. The van der Waals surface area contributed by atoms with Gasteiger partial charge in [0.2, 0.25) is 0 Å². The summed E-state index contributed by atoms with van der Waals surface area (Å²) in [7, 11) is -8.11. The minimum Gasteiger partial charge on any atom is -0.543 e. The Balaban J connectivity index is 1.94. The first-order valence-electron chi connectivity index (χ1n) is 7.74. The van der Waals surface area contributed by atoms with Crippen LogP contribution in [0.4, 0.5) is 5.69 Å². The van der Waals surface area contributed by atoms with Gasteiger partial charge in [-0.05, 0) is 35.9 Å². The monoisotopic (exact) mass is 420 g/mol. The zero-order valence-electron chi connectivity index (χ0n) is 14.1. The third-order valence-corrected chi connectivity index (χ3v) is 6.07. The van der Waals surface area contributed by atoms with E-state index >= 15 is 0 Å². The molecule has 2 aromatic carbocycles. The van der Waals surface area contributed by atoms with E-state index in [9.17, 15) is 26.7 Å². The van der Waals surface area contributed by atoms with Crippen LogP contribution in [-0.4, -0.2) is 26.8 Å². The summed E-state index contributed by atoms with van der Waals surface area (Å²) in [6.07, 6.45) is 1.00. The normalized spacial score (nSPS) is 11.9. The molecule has 0 saturated heterocycles. The van der Waals surface area contributed by atoms with E-state index in [-0.39, 0.29) is 16.1 Å². The molecule has 0 radical (unpaired) electrons. The second kappa shape index (κ2) is 7.11. The number of carbonyl (C=O) groups excluding carboxylic acids is 1. The van der Waals surface area contributed by atoms with Gasteiger partial charge in [0.15, 0.2) is 0 Å². The SMILES string of the molecule is NS(=O)(=O)n1ccc(-c2ccc(NS(=O)(=O)c3ccccc3)cc2)c1C(=O)[O-]. The Hall–Kier alpha value is -3.15. The van der Waals surface area contributed by atoms with Gasteiger partial charge in [-0.25, -0.2) is 17.5 Å². The predicted octanol–water partition coefficient (Wildman–Crippen LogP) is 0.371. The summed E-state index contributed by atoms with van der Waals surface area (Å²) in [5.74, 6) is -1.72. The molecule has 28 heavy (non-hydrogen) atoms. The van der Waals surface area contributed by atoms with Crippen LogP contribution in [0.3, 0.4) is 0 Å². The molecule has 3 rings (SSSR count). The van der Waals surface area contributed by atoms with Crippen LogP contribution in [0, 0.1) is 0 Å². The van der Waals surface area contributed by atoms with Crippen molar-refractivity contribution in [3.05, 3.63) is 72.6 Å². The van der Waals surface area contributed by atoms with Crippen LogP contribution in [0.1, 0.15) is 10.5 Å². The van der Waals surface area contributed by atoms with E-state index in [2.05, 4.69) is 4.72 Å². The molecule has 0 bridgehead atoms. The van der Waals surface area contributed by atoms with Crippen LogP contribution >= 0.6 is 0 Å². The maximum Gasteiger partial charge on any atom is 0.302 e. The second-order valence-electron chi connectivity index (χ2n) is 5.70. The number of rotatable bonds is 6. The second-order valence-corrected chi connectivity index (χ2v) is 8.81. The highest BCUT2D eigenvalue weighted by Gasteiger charge is 2.19. The number of hydrogen-bond donors (Lipinski definition) is 2. The Morgan fingerprint density at radius 3 is 2.07 bits per heavy atom. The molecule has 0 atom stereocenters. The number of aromatic nitrogens is 1. The smallest absolute Gasteiger partial charge is 0.302 e. The standard InChI is InChI=1S/C17H15N3O6S2/c18-28(25,26)20-11-10-15(16(20)17(21)22)12-6-8-13(9-7-12)19-27(23,24)14-4-2-1-3-5-14/h1-11,19H,(H,21,22)(H2,18,25,26)/p-1. The van der Waals surface area contributed by atoms with E-state index in [0.29, 0.717) is 9.54 Å². The number of carboxylic acids is 1. The Morgan fingerprint density at radius 2 is 1.54 bits per heavy atom. The van der Waals surface area contributed by atoms with E-state index in [4.69, 9.17) is 5.14 Å². The minimum absolute atomic E-state index is 0.0616. The lowest BCUT2D eigenvalue weighted by atomic mass is 10.1. The number of benzene rings is 2. The van der Waals surface area contributed by atoms with Crippen LogP contribution in [0.15, 0.2) is 71.8 Å². The van der Waals surface area contributed by atoms with Gasteiger partial charge in [0, 0.05) is 17.4 Å². The van der Waals surface area contributed by atoms with Crippen molar-refractivity contribution in [3.63, 3.8) is 0 Å². The Morgan fingerprint density at radius 1 is 0.929 bits per heavy atom. The van der Waals surface area contributed by atoms with Crippen LogP contribution in [0.2, 0.25) is 0 Å². The van der Waals surface area contributed by atoms with Gasteiger partial charge in [-0.1, -0.05) is 30.3 Å². The summed E-state index contributed by atoms with van der Waals surface area (Å²) in [6, 6.07) is 14.7. The fourth-order valence-electron chi connectivity index (χ4n) is 2.59. The van der Waals surface area contributed by atoms with E-state index in [0.717, 1.165) is 6.20 Å². The minimum atomic E-state index is -4.32. The fraction of sp³-hybridized carbons (Fsp3) is 0. The molecule has 0 aliphatic rings. The van der Waals surface area contributed by atoms with E-state index in [1.54, 1.807) is 18.2 Å². The average molecular weight is 420 g/mol. The third kappa shape index (κ3) is 3.91. The molecule has 146 valence electrons. The molecular formula is C17H14N3O6S2-. The number of hydrogen-bond acceptors (Lipinski definition) is 6. The van der Waals surface area contributed by atoms with E-state index in [1.165, 1.54) is 42.5 Å². The first-order chi connectivity index (χ1) is 13.1. The fourth-order valence-corrected chi connectivity index (χ4v) is 4.33. The van der Waals surface area contributed by atoms with Crippen molar-refractivity contribution in [2.45, 2.75) is 4.90 Å². The number of nitrogens with zero attached hydrogens (tertiary/aromatic N) is 1. The van der Waals surface area contributed by atoms with Crippen molar-refractivity contribution < 1.29 is 26.7 Å².